The maximum absolute atomic E-state index is 13.3. The van der Waals surface area contributed by atoms with Crippen molar-refractivity contribution in [3.05, 3.63) is 76.7 Å². The molecular formula is C27H30FN5O3. The molecule has 2 aromatic carbocycles. The van der Waals surface area contributed by atoms with Crippen LogP contribution in [-0.4, -0.2) is 48.0 Å². The van der Waals surface area contributed by atoms with Gasteiger partial charge in [0.05, 0.1) is 31.5 Å². The predicted octanol–water partition coefficient (Wildman–Crippen LogP) is 4.07. The Morgan fingerprint density at radius 2 is 1.69 bits per heavy atom. The van der Waals surface area contributed by atoms with Gasteiger partial charge in [0.15, 0.2) is 0 Å². The number of rotatable bonds is 10. The van der Waals surface area contributed by atoms with E-state index >= 15 is 0 Å². The minimum atomic E-state index is -0.351. The van der Waals surface area contributed by atoms with E-state index in [0.717, 1.165) is 16.8 Å². The number of ether oxygens (including phenoxy) is 1. The molecule has 0 bridgehead atoms. The molecule has 2 amide bonds. The van der Waals surface area contributed by atoms with Crippen LogP contribution in [0.1, 0.15) is 29.3 Å². The van der Waals surface area contributed by atoms with E-state index in [2.05, 4.69) is 16.7 Å². The highest BCUT2D eigenvalue weighted by atomic mass is 19.1. The minimum absolute atomic E-state index is 0.00171. The number of nitrogens with zero attached hydrogens (tertiary/aromatic N) is 3. The molecule has 0 aliphatic carbocycles. The molecule has 0 aliphatic rings. The SMILES string of the molecule is CCN(CC(=O)Nc1ccccc1OC)CC(=O)Nc1c(C#N)c(C)c(C)n1Cc1ccc(F)cc1. The first-order valence-corrected chi connectivity index (χ1v) is 11.6. The van der Waals surface area contributed by atoms with Crippen molar-refractivity contribution in [1.82, 2.24) is 9.47 Å². The maximum atomic E-state index is 13.3. The van der Waals surface area contributed by atoms with Crippen molar-refractivity contribution < 1.29 is 18.7 Å². The van der Waals surface area contributed by atoms with Crippen molar-refractivity contribution >= 4 is 23.3 Å². The standard InChI is InChI=1S/C27H30FN5O3/c1-5-32(16-25(34)30-23-8-6-7-9-24(23)36-4)17-26(35)31-27-22(14-29)18(2)19(3)33(27)15-20-10-12-21(28)13-11-20/h6-13H,5,15-17H2,1-4H3,(H,30,34)(H,31,35). The Hall–Kier alpha value is -4.16. The number of aromatic nitrogens is 1. The van der Waals surface area contributed by atoms with Crippen molar-refractivity contribution in [1.29, 1.82) is 5.26 Å². The van der Waals surface area contributed by atoms with Gasteiger partial charge in [-0.2, -0.15) is 5.26 Å². The number of likely N-dealkylation sites (N-methyl/N-ethyl adjacent to an activating group) is 1. The number of hydrogen-bond acceptors (Lipinski definition) is 5. The molecule has 9 heteroatoms. The number of carbonyl (C=O) groups is 2. The fraction of sp³-hybridized carbons (Fsp3) is 0.296. The summed E-state index contributed by atoms with van der Waals surface area (Å²) < 4.78 is 20.4. The van der Waals surface area contributed by atoms with Crippen LogP contribution >= 0.6 is 0 Å². The van der Waals surface area contributed by atoms with E-state index in [0.29, 0.717) is 35.9 Å². The highest BCUT2D eigenvalue weighted by Gasteiger charge is 2.21. The van der Waals surface area contributed by atoms with Crippen LogP contribution < -0.4 is 15.4 Å². The lowest BCUT2D eigenvalue weighted by Crippen LogP contribution is -2.39. The second-order valence-electron chi connectivity index (χ2n) is 8.36. The number of methoxy groups -OCH3 is 1. The highest BCUT2D eigenvalue weighted by Crippen LogP contribution is 2.27. The lowest BCUT2D eigenvalue weighted by Gasteiger charge is -2.20. The third kappa shape index (κ3) is 6.29. The molecule has 2 N–H and O–H groups in total. The molecule has 0 aliphatic heterocycles. The molecule has 0 unspecified atom stereocenters. The molecule has 3 rings (SSSR count). The average Bonchev–Trinajstić information content (AvgIpc) is 3.08. The van der Waals surface area contributed by atoms with Crippen LogP contribution in [0.15, 0.2) is 48.5 Å². The van der Waals surface area contributed by atoms with Gasteiger partial charge >= 0.3 is 0 Å². The number of carbonyl (C=O) groups excluding carboxylic acids is 2. The van der Waals surface area contributed by atoms with Crippen LogP contribution in [0.4, 0.5) is 15.9 Å². The number of hydrogen-bond donors (Lipinski definition) is 2. The summed E-state index contributed by atoms with van der Waals surface area (Å²) in [6.07, 6.45) is 0. The third-order valence-electron chi connectivity index (χ3n) is 6.02. The van der Waals surface area contributed by atoms with Gasteiger partial charge in [0, 0.05) is 12.2 Å². The number of halogens is 1. The molecule has 0 saturated heterocycles. The summed E-state index contributed by atoms with van der Waals surface area (Å²) in [6.45, 7) is 6.34. The van der Waals surface area contributed by atoms with Gasteiger partial charge in [-0.25, -0.2) is 4.39 Å². The van der Waals surface area contributed by atoms with Gasteiger partial charge < -0.3 is 19.9 Å². The zero-order valence-corrected chi connectivity index (χ0v) is 20.9. The normalized spacial score (nSPS) is 10.7. The lowest BCUT2D eigenvalue weighted by atomic mass is 10.2. The molecule has 1 heterocycles. The van der Waals surface area contributed by atoms with Crippen molar-refractivity contribution in [2.45, 2.75) is 27.3 Å². The van der Waals surface area contributed by atoms with Crippen LogP contribution in [0.2, 0.25) is 0 Å². The number of anilines is 2. The van der Waals surface area contributed by atoms with E-state index in [-0.39, 0.29) is 30.7 Å². The Bertz CT molecular complexity index is 1280. The highest BCUT2D eigenvalue weighted by molar-refractivity contribution is 5.96. The Kier molecular flexibility index (Phi) is 8.81. The van der Waals surface area contributed by atoms with Crippen molar-refractivity contribution in [2.24, 2.45) is 0 Å². The fourth-order valence-electron chi connectivity index (χ4n) is 3.90. The Morgan fingerprint density at radius 3 is 2.31 bits per heavy atom. The van der Waals surface area contributed by atoms with Crippen LogP contribution in [-0.2, 0) is 16.1 Å². The molecule has 0 spiro atoms. The van der Waals surface area contributed by atoms with E-state index in [4.69, 9.17) is 4.74 Å². The molecule has 0 radical (unpaired) electrons. The first kappa shape index (κ1) is 26.4. The molecule has 3 aromatic rings. The van der Waals surface area contributed by atoms with E-state index in [1.54, 1.807) is 35.2 Å². The summed E-state index contributed by atoms with van der Waals surface area (Å²) in [5.41, 5.74) is 3.35. The summed E-state index contributed by atoms with van der Waals surface area (Å²) in [5, 5.41) is 15.4. The zero-order valence-electron chi connectivity index (χ0n) is 20.9. The van der Waals surface area contributed by atoms with Gasteiger partial charge in [-0.3, -0.25) is 14.5 Å². The fourth-order valence-corrected chi connectivity index (χ4v) is 3.90. The minimum Gasteiger partial charge on any atom is -0.495 e. The topological polar surface area (TPSA) is 99.4 Å². The molecular weight excluding hydrogens is 461 g/mol. The van der Waals surface area contributed by atoms with Crippen LogP contribution in [0, 0.1) is 31.0 Å². The lowest BCUT2D eigenvalue weighted by molar-refractivity contribution is -0.119. The van der Waals surface area contributed by atoms with Crippen LogP contribution in [0.5, 0.6) is 5.75 Å². The van der Waals surface area contributed by atoms with Crippen LogP contribution in [0.25, 0.3) is 0 Å². The van der Waals surface area contributed by atoms with Crippen LogP contribution in [0.3, 0.4) is 0 Å². The Morgan fingerprint density at radius 1 is 1.06 bits per heavy atom. The number of amides is 2. The van der Waals surface area contributed by atoms with Gasteiger partial charge in [0.1, 0.15) is 23.5 Å². The van der Waals surface area contributed by atoms with Gasteiger partial charge in [0.2, 0.25) is 11.8 Å². The third-order valence-corrected chi connectivity index (χ3v) is 6.02. The van der Waals surface area contributed by atoms with Gasteiger partial charge in [0.25, 0.3) is 0 Å². The van der Waals surface area contributed by atoms with E-state index in [1.807, 2.05) is 31.4 Å². The van der Waals surface area contributed by atoms with Gasteiger partial charge in [-0.05, 0) is 55.8 Å². The summed E-state index contributed by atoms with van der Waals surface area (Å²) in [4.78, 5) is 27.3. The predicted molar refractivity (Wildman–Crippen MR) is 136 cm³/mol. The summed E-state index contributed by atoms with van der Waals surface area (Å²) in [6, 6.07) is 15.4. The summed E-state index contributed by atoms with van der Waals surface area (Å²) in [5.74, 6) is -0.0333. The second kappa shape index (κ2) is 12.0. The number of nitriles is 1. The smallest absolute Gasteiger partial charge is 0.239 e. The molecule has 8 nitrogen and oxygen atoms in total. The first-order valence-electron chi connectivity index (χ1n) is 11.6. The molecule has 0 saturated carbocycles. The van der Waals surface area contributed by atoms with Crippen molar-refractivity contribution in [2.75, 3.05) is 37.4 Å². The van der Waals surface area contributed by atoms with Crippen molar-refractivity contribution in [3.63, 3.8) is 0 Å². The first-order chi connectivity index (χ1) is 17.3. The van der Waals surface area contributed by atoms with E-state index < -0.39 is 0 Å². The number of nitrogens with one attached hydrogen (secondary N) is 2. The second-order valence-corrected chi connectivity index (χ2v) is 8.36. The molecule has 188 valence electrons. The average molecular weight is 492 g/mol. The Labute approximate surface area is 210 Å². The molecule has 36 heavy (non-hydrogen) atoms. The summed E-state index contributed by atoms with van der Waals surface area (Å²) in [7, 11) is 1.53. The molecule has 0 fully saturated rings. The molecule has 1 aromatic heterocycles. The number of benzene rings is 2. The van der Waals surface area contributed by atoms with Gasteiger partial charge in [-0.1, -0.05) is 31.2 Å². The quantitative estimate of drug-likeness (QED) is 0.445. The van der Waals surface area contributed by atoms with E-state index in [9.17, 15) is 19.2 Å². The molecule has 0 atom stereocenters. The van der Waals surface area contributed by atoms with Crippen molar-refractivity contribution in [3.8, 4) is 11.8 Å². The van der Waals surface area contributed by atoms with E-state index in [1.165, 1.54) is 19.2 Å². The monoisotopic (exact) mass is 491 g/mol. The van der Waals surface area contributed by atoms with Gasteiger partial charge in [-0.15, -0.1) is 0 Å². The zero-order chi connectivity index (χ0) is 26.2. The largest absolute Gasteiger partial charge is 0.495 e. The number of para-hydroxylation sites is 2. The summed E-state index contributed by atoms with van der Waals surface area (Å²) >= 11 is 0. The maximum Gasteiger partial charge on any atom is 0.239 e. The Balaban J connectivity index is 1.72.